The number of morpholine rings is 1. The maximum Gasteiger partial charge on any atom is 0.126 e. The van der Waals surface area contributed by atoms with Crippen molar-refractivity contribution in [3.05, 3.63) is 28.0 Å². The van der Waals surface area contributed by atoms with Gasteiger partial charge in [-0.15, -0.1) is 0 Å². The molecular weight excluding hydrogens is 290 g/mol. The standard InChI is InChI=1S/C13H17Cl2FN2O/c1-2-18-3-4-19-10(8-18)7-17-13-11(14)5-9(16)6-12(13)15/h5-6,10,17H,2-4,7-8H2,1H3. The number of nitrogens with zero attached hydrogens (tertiary/aromatic N) is 1. The van der Waals surface area contributed by atoms with Crippen LogP contribution in [0.5, 0.6) is 0 Å². The lowest BCUT2D eigenvalue weighted by molar-refractivity contribution is -0.0191. The monoisotopic (exact) mass is 306 g/mol. The van der Waals surface area contributed by atoms with Crippen LogP contribution in [0.2, 0.25) is 10.0 Å². The molecule has 1 aromatic rings. The molecule has 0 bridgehead atoms. The first-order chi connectivity index (χ1) is 9.10. The number of anilines is 1. The Morgan fingerprint density at radius 3 is 2.74 bits per heavy atom. The number of halogens is 3. The van der Waals surface area contributed by atoms with Gasteiger partial charge in [0.25, 0.3) is 0 Å². The molecular formula is C13H17Cl2FN2O. The zero-order chi connectivity index (χ0) is 13.8. The van der Waals surface area contributed by atoms with E-state index >= 15 is 0 Å². The Balaban J connectivity index is 1.95. The van der Waals surface area contributed by atoms with Crippen LogP contribution in [0, 0.1) is 5.82 Å². The van der Waals surface area contributed by atoms with Gasteiger partial charge in [-0.2, -0.15) is 0 Å². The number of nitrogens with one attached hydrogen (secondary N) is 1. The lowest BCUT2D eigenvalue weighted by Gasteiger charge is -2.32. The van der Waals surface area contributed by atoms with E-state index in [4.69, 9.17) is 27.9 Å². The van der Waals surface area contributed by atoms with Gasteiger partial charge in [0.1, 0.15) is 5.82 Å². The van der Waals surface area contributed by atoms with Crippen molar-refractivity contribution in [1.82, 2.24) is 4.90 Å². The van der Waals surface area contributed by atoms with Crippen molar-refractivity contribution in [1.29, 1.82) is 0 Å². The van der Waals surface area contributed by atoms with Gasteiger partial charge < -0.3 is 10.1 Å². The number of likely N-dealkylation sites (N-methyl/N-ethyl adjacent to an activating group) is 1. The molecule has 0 spiro atoms. The number of hydrogen-bond acceptors (Lipinski definition) is 3. The smallest absolute Gasteiger partial charge is 0.126 e. The summed E-state index contributed by atoms with van der Waals surface area (Å²) in [5, 5.41) is 3.71. The predicted molar refractivity (Wildman–Crippen MR) is 76.8 cm³/mol. The van der Waals surface area contributed by atoms with Crippen LogP contribution in [0.1, 0.15) is 6.92 Å². The second-order valence-electron chi connectivity index (χ2n) is 4.51. The minimum Gasteiger partial charge on any atom is -0.380 e. The number of ether oxygens (including phenoxy) is 1. The first kappa shape index (κ1) is 14.9. The molecule has 1 heterocycles. The van der Waals surface area contributed by atoms with E-state index in [9.17, 15) is 4.39 Å². The number of hydrogen-bond donors (Lipinski definition) is 1. The van der Waals surface area contributed by atoms with Gasteiger partial charge in [0.15, 0.2) is 0 Å². The molecule has 1 aliphatic heterocycles. The molecule has 1 aromatic carbocycles. The Morgan fingerprint density at radius 1 is 1.42 bits per heavy atom. The van der Waals surface area contributed by atoms with Crippen molar-refractivity contribution in [2.75, 3.05) is 38.1 Å². The van der Waals surface area contributed by atoms with Gasteiger partial charge in [-0.25, -0.2) is 4.39 Å². The van der Waals surface area contributed by atoms with E-state index in [-0.39, 0.29) is 16.1 Å². The third-order valence-electron chi connectivity index (χ3n) is 3.18. The molecule has 1 unspecified atom stereocenters. The van der Waals surface area contributed by atoms with Gasteiger partial charge in [0.05, 0.1) is 28.4 Å². The summed E-state index contributed by atoms with van der Waals surface area (Å²) in [5.41, 5.74) is 0.557. The van der Waals surface area contributed by atoms with Crippen LogP contribution in [0.4, 0.5) is 10.1 Å². The van der Waals surface area contributed by atoms with Gasteiger partial charge in [0.2, 0.25) is 0 Å². The fourth-order valence-electron chi connectivity index (χ4n) is 2.12. The summed E-state index contributed by atoms with van der Waals surface area (Å²) < 4.78 is 18.7. The van der Waals surface area contributed by atoms with E-state index in [1.165, 1.54) is 12.1 Å². The SMILES string of the molecule is CCN1CCOC(CNc2c(Cl)cc(F)cc2Cl)C1. The van der Waals surface area contributed by atoms with E-state index in [1.807, 2.05) is 0 Å². The summed E-state index contributed by atoms with van der Waals surface area (Å²) in [6, 6.07) is 2.49. The Hall–Kier alpha value is -0.550. The minimum atomic E-state index is -0.438. The van der Waals surface area contributed by atoms with Crippen LogP contribution >= 0.6 is 23.2 Å². The largest absolute Gasteiger partial charge is 0.380 e. The molecule has 19 heavy (non-hydrogen) atoms. The fraction of sp³-hybridized carbons (Fsp3) is 0.538. The molecule has 1 atom stereocenters. The number of rotatable bonds is 4. The zero-order valence-electron chi connectivity index (χ0n) is 10.8. The van der Waals surface area contributed by atoms with E-state index in [1.54, 1.807) is 0 Å². The summed E-state index contributed by atoms with van der Waals surface area (Å²) in [7, 11) is 0. The van der Waals surface area contributed by atoms with Crippen molar-refractivity contribution < 1.29 is 9.13 Å². The molecule has 0 amide bonds. The zero-order valence-corrected chi connectivity index (χ0v) is 12.3. The Bertz CT molecular complexity index is 422. The lowest BCUT2D eigenvalue weighted by Crippen LogP contribution is -2.45. The first-order valence-electron chi connectivity index (χ1n) is 6.32. The van der Waals surface area contributed by atoms with Crippen LogP contribution < -0.4 is 5.32 Å². The highest BCUT2D eigenvalue weighted by Crippen LogP contribution is 2.31. The van der Waals surface area contributed by atoms with Crippen molar-refractivity contribution in [2.24, 2.45) is 0 Å². The topological polar surface area (TPSA) is 24.5 Å². The maximum absolute atomic E-state index is 13.1. The van der Waals surface area contributed by atoms with Gasteiger partial charge in [-0.3, -0.25) is 4.90 Å². The summed E-state index contributed by atoms with van der Waals surface area (Å²) >= 11 is 11.9. The normalized spacial score (nSPS) is 20.5. The molecule has 0 saturated carbocycles. The van der Waals surface area contributed by atoms with Crippen LogP contribution in [0.15, 0.2) is 12.1 Å². The van der Waals surface area contributed by atoms with E-state index in [2.05, 4.69) is 17.1 Å². The molecule has 0 aromatic heterocycles. The van der Waals surface area contributed by atoms with E-state index < -0.39 is 5.82 Å². The average molecular weight is 307 g/mol. The highest BCUT2D eigenvalue weighted by molar-refractivity contribution is 6.39. The van der Waals surface area contributed by atoms with Crippen LogP contribution in [-0.2, 0) is 4.74 Å². The summed E-state index contributed by atoms with van der Waals surface area (Å²) in [4.78, 5) is 2.32. The molecule has 0 radical (unpaired) electrons. The third-order valence-corrected chi connectivity index (χ3v) is 3.78. The van der Waals surface area contributed by atoms with Crippen LogP contribution in [-0.4, -0.2) is 43.8 Å². The molecule has 1 saturated heterocycles. The highest BCUT2D eigenvalue weighted by Gasteiger charge is 2.19. The van der Waals surface area contributed by atoms with Crippen LogP contribution in [0.3, 0.4) is 0 Å². The fourth-order valence-corrected chi connectivity index (χ4v) is 2.71. The van der Waals surface area contributed by atoms with Crippen molar-refractivity contribution in [2.45, 2.75) is 13.0 Å². The van der Waals surface area contributed by atoms with Gasteiger partial charge in [-0.05, 0) is 18.7 Å². The average Bonchev–Trinajstić information content (AvgIpc) is 2.37. The van der Waals surface area contributed by atoms with Crippen LogP contribution in [0.25, 0.3) is 0 Å². The van der Waals surface area contributed by atoms with Gasteiger partial charge >= 0.3 is 0 Å². The van der Waals surface area contributed by atoms with E-state index in [0.717, 1.165) is 26.2 Å². The maximum atomic E-state index is 13.1. The Kier molecular flexibility index (Phi) is 5.28. The Morgan fingerprint density at radius 2 is 2.11 bits per heavy atom. The summed E-state index contributed by atoms with van der Waals surface area (Å²) in [6.45, 7) is 6.30. The highest BCUT2D eigenvalue weighted by atomic mass is 35.5. The minimum absolute atomic E-state index is 0.0888. The Labute approximate surface area is 122 Å². The van der Waals surface area contributed by atoms with Crippen molar-refractivity contribution in [3.8, 4) is 0 Å². The van der Waals surface area contributed by atoms with E-state index in [0.29, 0.717) is 12.2 Å². The second-order valence-corrected chi connectivity index (χ2v) is 5.33. The molecule has 0 aliphatic carbocycles. The molecule has 106 valence electrons. The summed E-state index contributed by atoms with van der Waals surface area (Å²) in [5.74, 6) is -0.438. The molecule has 1 fully saturated rings. The van der Waals surface area contributed by atoms with Gasteiger partial charge in [-0.1, -0.05) is 30.1 Å². The number of benzene rings is 1. The summed E-state index contributed by atoms with van der Waals surface area (Å²) in [6.07, 6.45) is 0.0888. The molecule has 2 rings (SSSR count). The lowest BCUT2D eigenvalue weighted by atomic mass is 10.2. The van der Waals surface area contributed by atoms with Crippen molar-refractivity contribution in [3.63, 3.8) is 0 Å². The third kappa shape index (κ3) is 3.96. The predicted octanol–water partition coefficient (Wildman–Crippen LogP) is 3.27. The van der Waals surface area contributed by atoms with Gasteiger partial charge in [0, 0.05) is 19.6 Å². The first-order valence-corrected chi connectivity index (χ1v) is 7.08. The molecule has 1 N–H and O–H groups in total. The molecule has 1 aliphatic rings. The van der Waals surface area contributed by atoms with Crippen molar-refractivity contribution >= 4 is 28.9 Å². The molecule has 3 nitrogen and oxygen atoms in total. The second kappa shape index (κ2) is 6.75. The molecule has 6 heteroatoms. The quantitative estimate of drug-likeness (QED) is 0.924.